The van der Waals surface area contributed by atoms with Gasteiger partial charge in [-0.25, -0.2) is 8.78 Å². The lowest BCUT2D eigenvalue weighted by molar-refractivity contribution is 0.0768. The van der Waals surface area contributed by atoms with E-state index in [0.29, 0.717) is 35.2 Å². The molecule has 36 heavy (non-hydrogen) atoms. The number of fused-ring (bicyclic) bond motifs is 2. The van der Waals surface area contributed by atoms with Gasteiger partial charge in [0, 0.05) is 48.4 Å². The Bertz CT molecular complexity index is 1460. The fraction of sp³-hybridized carbons (Fsp3) is 0.269. The van der Waals surface area contributed by atoms with E-state index in [1.807, 2.05) is 42.1 Å². The Kier molecular flexibility index (Phi) is 6.05. The number of ether oxygens (including phenoxy) is 2. The molecule has 3 heterocycles. The monoisotopic (exact) mass is 493 g/mol. The van der Waals surface area contributed by atoms with Crippen LogP contribution in [0.2, 0.25) is 0 Å². The Morgan fingerprint density at radius 1 is 1.08 bits per heavy atom. The molecule has 1 N–H and O–H groups in total. The minimum absolute atomic E-state index is 0.0226. The molecular formula is C26H25F2N5O3. The van der Waals surface area contributed by atoms with E-state index in [-0.39, 0.29) is 28.7 Å². The van der Waals surface area contributed by atoms with Gasteiger partial charge in [-0.2, -0.15) is 5.10 Å². The number of methoxy groups -OCH3 is 2. The normalized spacial score (nSPS) is 13.1. The van der Waals surface area contributed by atoms with Crippen molar-refractivity contribution in [3.8, 4) is 34.0 Å². The van der Waals surface area contributed by atoms with Crippen LogP contribution in [0.1, 0.15) is 15.9 Å². The molecule has 5 rings (SSSR count). The molecule has 10 heteroatoms. The fourth-order valence-corrected chi connectivity index (χ4v) is 4.41. The summed E-state index contributed by atoms with van der Waals surface area (Å²) in [7, 11) is 6.54. The number of halogens is 2. The number of amides is 1. The second-order valence-electron chi connectivity index (χ2n) is 8.87. The molecule has 0 saturated carbocycles. The molecule has 2 aromatic carbocycles. The minimum atomic E-state index is -0.871. The number of carbonyl (C=O) groups excluding carboxylic acids is 1. The van der Waals surface area contributed by atoms with Crippen LogP contribution in [0.15, 0.2) is 36.5 Å². The van der Waals surface area contributed by atoms with Gasteiger partial charge in [-0.1, -0.05) is 6.07 Å². The molecule has 2 aromatic heterocycles. The Morgan fingerprint density at radius 3 is 2.47 bits per heavy atom. The largest absolute Gasteiger partial charge is 0.494 e. The lowest BCUT2D eigenvalue weighted by atomic mass is 10.0. The number of H-pyrrole nitrogens is 1. The van der Waals surface area contributed by atoms with Crippen molar-refractivity contribution in [2.75, 3.05) is 41.4 Å². The lowest BCUT2D eigenvalue weighted by Gasteiger charge is -2.18. The van der Waals surface area contributed by atoms with Gasteiger partial charge in [-0.15, -0.1) is 0 Å². The number of aromatic amines is 1. The van der Waals surface area contributed by atoms with E-state index in [1.54, 1.807) is 0 Å². The van der Waals surface area contributed by atoms with Crippen molar-refractivity contribution in [1.82, 2.24) is 25.0 Å². The van der Waals surface area contributed by atoms with Crippen LogP contribution < -0.4 is 9.47 Å². The van der Waals surface area contributed by atoms with E-state index in [9.17, 15) is 13.6 Å². The molecule has 1 aliphatic rings. The number of carbonyl (C=O) groups is 1. The first-order valence-electron chi connectivity index (χ1n) is 11.3. The molecule has 1 amide bonds. The summed E-state index contributed by atoms with van der Waals surface area (Å²) in [5.41, 5.74) is 3.35. The molecule has 0 unspecified atom stereocenters. The van der Waals surface area contributed by atoms with Crippen molar-refractivity contribution < 1.29 is 23.0 Å². The van der Waals surface area contributed by atoms with Gasteiger partial charge < -0.3 is 19.3 Å². The Hall–Kier alpha value is -4.05. The number of benzene rings is 2. The first kappa shape index (κ1) is 23.7. The van der Waals surface area contributed by atoms with E-state index >= 15 is 0 Å². The highest BCUT2D eigenvalue weighted by Gasteiger charge is 2.28. The summed E-state index contributed by atoms with van der Waals surface area (Å²) in [6, 6.07) is 8.31. The standard InChI is InChI=1S/C26H25F2N5O3/c1-32(2)7-8-33-13-15-9-14(5-6-16(15)26(33)34)25-17-12-29-19(10-18(17)30-31-25)22-23(27)20(35-3)11-21(36-4)24(22)28/h5-6,9-12H,7-8,13H2,1-4H3,(H,30,31). The molecule has 8 nitrogen and oxygen atoms in total. The van der Waals surface area contributed by atoms with Crippen LogP contribution in [0.5, 0.6) is 11.5 Å². The summed E-state index contributed by atoms with van der Waals surface area (Å²) in [6.07, 6.45) is 1.52. The van der Waals surface area contributed by atoms with E-state index in [2.05, 4.69) is 15.2 Å². The molecule has 4 aromatic rings. The Morgan fingerprint density at radius 2 is 1.81 bits per heavy atom. The molecular weight excluding hydrogens is 468 g/mol. The second-order valence-corrected chi connectivity index (χ2v) is 8.87. The number of nitrogens with zero attached hydrogens (tertiary/aromatic N) is 4. The fourth-order valence-electron chi connectivity index (χ4n) is 4.41. The third kappa shape index (κ3) is 3.93. The Balaban J connectivity index is 1.51. The minimum Gasteiger partial charge on any atom is -0.494 e. The van der Waals surface area contributed by atoms with Crippen molar-refractivity contribution in [2.24, 2.45) is 0 Å². The van der Waals surface area contributed by atoms with Crippen LogP contribution in [0, 0.1) is 11.6 Å². The summed E-state index contributed by atoms with van der Waals surface area (Å²) in [5, 5.41) is 8.04. The summed E-state index contributed by atoms with van der Waals surface area (Å²) < 4.78 is 40.0. The average Bonchev–Trinajstić information content (AvgIpc) is 3.43. The van der Waals surface area contributed by atoms with Gasteiger partial charge in [-0.3, -0.25) is 14.9 Å². The van der Waals surface area contributed by atoms with E-state index in [4.69, 9.17) is 9.47 Å². The maximum Gasteiger partial charge on any atom is 0.254 e. The smallest absolute Gasteiger partial charge is 0.254 e. The predicted octanol–water partition coefficient (Wildman–Crippen LogP) is 4.10. The van der Waals surface area contributed by atoms with E-state index < -0.39 is 11.6 Å². The third-order valence-electron chi connectivity index (χ3n) is 6.35. The molecule has 0 fully saturated rings. The first-order valence-corrected chi connectivity index (χ1v) is 11.3. The van der Waals surface area contributed by atoms with Gasteiger partial charge in [0.15, 0.2) is 23.1 Å². The molecule has 0 aliphatic carbocycles. The number of pyridine rings is 1. The van der Waals surface area contributed by atoms with Crippen molar-refractivity contribution in [1.29, 1.82) is 0 Å². The number of hydrogen-bond acceptors (Lipinski definition) is 6. The SMILES string of the molecule is COc1cc(OC)c(F)c(-c2cc3[nH]nc(-c4ccc5c(c4)CN(CCN(C)C)C5=O)c3cn2)c1F. The molecule has 0 spiro atoms. The van der Waals surface area contributed by atoms with Crippen LogP contribution >= 0.6 is 0 Å². The van der Waals surface area contributed by atoms with Crippen LogP contribution in [-0.2, 0) is 6.54 Å². The van der Waals surface area contributed by atoms with Crippen molar-refractivity contribution in [3.63, 3.8) is 0 Å². The van der Waals surface area contributed by atoms with Crippen molar-refractivity contribution >= 4 is 16.8 Å². The van der Waals surface area contributed by atoms with Crippen LogP contribution in [0.25, 0.3) is 33.4 Å². The zero-order valence-electron chi connectivity index (χ0n) is 20.4. The maximum atomic E-state index is 15.0. The van der Waals surface area contributed by atoms with Crippen molar-refractivity contribution in [2.45, 2.75) is 6.54 Å². The maximum absolute atomic E-state index is 15.0. The van der Waals surface area contributed by atoms with Gasteiger partial charge in [0.2, 0.25) is 0 Å². The van der Waals surface area contributed by atoms with Crippen LogP contribution in [0.3, 0.4) is 0 Å². The molecule has 0 radical (unpaired) electrons. The third-order valence-corrected chi connectivity index (χ3v) is 6.35. The summed E-state index contributed by atoms with van der Waals surface area (Å²) in [4.78, 5) is 20.9. The number of likely N-dealkylation sites (N-methyl/N-ethyl adjacent to an activating group) is 1. The molecule has 186 valence electrons. The van der Waals surface area contributed by atoms with Gasteiger partial charge in [-0.05, 0) is 37.9 Å². The lowest BCUT2D eigenvalue weighted by Crippen LogP contribution is -2.31. The zero-order valence-corrected chi connectivity index (χ0v) is 20.4. The number of aromatic nitrogens is 3. The Labute approximate surface area is 206 Å². The van der Waals surface area contributed by atoms with Gasteiger partial charge in [0.1, 0.15) is 5.69 Å². The van der Waals surface area contributed by atoms with Gasteiger partial charge in [0.05, 0.1) is 31.0 Å². The average molecular weight is 494 g/mol. The number of hydrogen-bond donors (Lipinski definition) is 1. The molecule has 1 aliphatic heterocycles. The highest BCUT2D eigenvalue weighted by Crippen LogP contribution is 2.38. The van der Waals surface area contributed by atoms with E-state index in [0.717, 1.165) is 23.7 Å². The molecule has 0 bridgehead atoms. The number of nitrogens with one attached hydrogen (secondary N) is 1. The molecule has 0 atom stereocenters. The summed E-state index contributed by atoms with van der Waals surface area (Å²) in [5.74, 6) is -2.02. The first-order chi connectivity index (χ1) is 17.3. The highest BCUT2D eigenvalue weighted by atomic mass is 19.1. The van der Waals surface area contributed by atoms with E-state index in [1.165, 1.54) is 26.5 Å². The zero-order chi connectivity index (χ0) is 25.6. The second kappa shape index (κ2) is 9.19. The summed E-state index contributed by atoms with van der Waals surface area (Å²) >= 11 is 0. The van der Waals surface area contributed by atoms with Crippen molar-refractivity contribution in [3.05, 3.63) is 59.3 Å². The topological polar surface area (TPSA) is 83.6 Å². The summed E-state index contributed by atoms with van der Waals surface area (Å²) in [6.45, 7) is 1.97. The number of rotatable bonds is 7. The predicted molar refractivity (Wildman–Crippen MR) is 131 cm³/mol. The van der Waals surface area contributed by atoms with Crippen LogP contribution in [-0.4, -0.2) is 72.3 Å². The quantitative estimate of drug-likeness (QED) is 0.417. The molecule has 0 saturated heterocycles. The highest BCUT2D eigenvalue weighted by molar-refractivity contribution is 6.00. The van der Waals surface area contributed by atoms with Gasteiger partial charge in [0.25, 0.3) is 5.91 Å². The van der Waals surface area contributed by atoms with Crippen LogP contribution in [0.4, 0.5) is 8.78 Å². The van der Waals surface area contributed by atoms with Gasteiger partial charge >= 0.3 is 0 Å².